The zero-order valence-electron chi connectivity index (χ0n) is 10.0. The normalized spacial score (nSPS) is 20.1. The molecule has 0 atom stereocenters. The summed E-state index contributed by atoms with van der Waals surface area (Å²) < 4.78 is 5.64. The minimum atomic E-state index is -0.0747. The van der Waals surface area contributed by atoms with Gasteiger partial charge in [0.1, 0.15) is 0 Å². The second-order valence-electron chi connectivity index (χ2n) is 4.62. The number of thiocarbonyl (C=S) groups is 1. The van der Waals surface area contributed by atoms with Crippen molar-refractivity contribution in [1.29, 1.82) is 0 Å². The van der Waals surface area contributed by atoms with Crippen molar-refractivity contribution in [2.45, 2.75) is 39.2 Å². The van der Waals surface area contributed by atoms with E-state index in [0.717, 1.165) is 31.4 Å². The van der Waals surface area contributed by atoms with E-state index in [-0.39, 0.29) is 5.60 Å². The van der Waals surface area contributed by atoms with Crippen molar-refractivity contribution in [3.8, 4) is 0 Å². The van der Waals surface area contributed by atoms with Gasteiger partial charge in [0.25, 0.3) is 0 Å². The van der Waals surface area contributed by atoms with Crippen molar-refractivity contribution in [3.05, 3.63) is 0 Å². The van der Waals surface area contributed by atoms with Gasteiger partial charge in [0, 0.05) is 19.6 Å². The van der Waals surface area contributed by atoms with E-state index < -0.39 is 0 Å². The molecule has 88 valence electrons. The lowest BCUT2D eigenvalue weighted by Gasteiger charge is -2.39. The third kappa shape index (κ3) is 4.34. The number of hydrogen-bond donors (Lipinski definition) is 1. The summed E-state index contributed by atoms with van der Waals surface area (Å²) in [6.07, 6.45) is 2.37. The van der Waals surface area contributed by atoms with Gasteiger partial charge in [0.05, 0.1) is 12.2 Å². The van der Waals surface area contributed by atoms with Crippen LogP contribution in [0.15, 0.2) is 0 Å². The van der Waals surface area contributed by atoms with Crippen LogP contribution in [0.3, 0.4) is 0 Å². The minimum Gasteiger partial charge on any atom is -0.372 e. The number of hydrogen-bond acceptors (Lipinski definition) is 2. The Morgan fingerprint density at radius 1 is 1.53 bits per heavy atom. The Labute approximate surface area is 98.2 Å². The average Bonchev–Trinajstić information content (AvgIpc) is 2.16. The molecule has 1 fully saturated rings. The number of morpholine rings is 1. The predicted molar refractivity (Wildman–Crippen MR) is 67.1 cm³/mol. The molecular formula is C11H22N2OS. The molecule has 1 rings (SSSR count). The average molecular weight is 230 g/mol. The molecule has 1 N–H and O–H groups in total. The van der Waals surface area contributed by atoms with Gasteiger partial charge in [-0.25, -0.2) is 0 Å². The monoisotopic (exact) mass is 230 g/mol. The van der Waals surface area contributed by atoms with Crippen LogP contribution in [-0.4, -0.2) is 41.9 Å². The Morgan fingerprint density at radius 2 is 2.27 bits per heavy atom. The van der Waals surface area contributed by atoms with Crippen LogP contribution in [0.5, 0.6) is 0 Å². The second-order valence-corrected chi connectivity index (χ2v) is 5.00. The summed E-state index contributed by atoms with van der Waals surface area (Å²) in [7, 11) is 0. The molecule has 0 spiro atoms. The third-order valence-corrected chi connectivity index (χ3v) is 2.92. The van der Waals surface area contributed by atoms with Crippen molar-refractivity contribution >= 4 is 17.3 Å². The quantitative estimate of drug-likeness (QED) is 0.590. The van der Waals surface area contributed by atoms with E-state index in [9.17, 15) is 0 Å². The van der Waals surface area contributed by atoms with Crippen molar-refractivity contribution in [1.82, 2.24) is 10.2 Å². The molecule has 1 heterocycles. The number of rotatable bonds is 3. The van der Waals surface area contributed by atoms with Gasteiger partial charge in [0.15, 0.2) is 5.11 Å². The number of nitrogens with zero attached hydrogens (tertiary/aromatic N) is 1. The smallest absolute Gasteiger partial charge is 0.169 e. The van der Waals surface area contributed by atoms with Crippen LogP contribution in [0, 0.1) is 0 Å². The Bertz CT molecular complexity index is 219. The van der Waals surface area contributed by atoms with Crippen LogP contribution in [-0.2, 0) is 4.74 Å². The summed E-state index contributed by atoms with van der Waals surface area (Å²) in [5.74, 6) is 0. The van der Waals surface area contributed by atoms with Gasteiger partial charge in [-0.05, 0) is 32.5 Å². The van der Waals surface area contributed by atoms with Crippen LogP contribution >= 0.6 is 12.2 Å². The van der Waals surface area contributed by atoms with E-state index in [1.165, 1.54) is 12.8 Å². The van der Waals surface area contributed by atoms with Crippen molar-refractivity contribution in [2.24, 2.45) is 0 Å². The molecule has 1 aliphatic heterocycles. The van der Waals surface area contributed by atoms with E-state index >= 15 is 0 Å². The molecule has 0 radical (unpaired) electrons. The van der Waals surface area contributed by atoms with Crippen molar-refractivity contribution in [2.75, 3.05) is 26.2 Å². The van der Waals surface area contributed by atoms with Gasteiger partial charge in [-0.15, -0.1) is 0 Å². The van der Waals surface area contributed by atoms with Gasteiger partial charge in [-0.1, -0.05) is 13.3 Å². The Kier molecular flexibility index (Phi) is 4.80. The first-order valence-corrected chi connectivity index (χ1v) is 6.13. The first-order valence-electron chi connectivity index (χ1n) is 5.72. The molecule has 0 aromatic carbocycles. The van der Waals surface area contributed by atoms with E-state index in [1.54, 1.807) is 0 Å². The van der Waals surface area contributed by atoms with Crippen molar-refractivity contribution in [3.63, 3.8) is 0 Å². The number of nitrogens with one attached hydrogen (secondary N) is 1. The topological polar surface area (TPSA) is 24.5 Å². The summed E-state index contributed by atoms with van der Waals surface area (Å²) >= 11 is 5.35. The fraction of sp³-hybridized carbons (Fsp3) is 0.909. The molecule has 0 aromatic heterocycles. The van der Waals surface area contributed by atoms with Crippen LogP contribution in [0.2, 0.25) is 0 Å². The molecule has 1 saturated heterocycles. The van der Waals surface area contributed by atoms with E-state index in [2.05, 4.69) is 31.0 Å². The lowest BCUT2D eigenvalue weighted by Crippen LogP contribution is -2.53. The first kappa shape index (κ1) is 12.7. The summed E-state index contributed by atoms with van der Waals surface area (Å²) in [6, 6.07) is 0. The van der Waals surface area contributed by atoms with Gasteiger partial charge in [-0.3, -0.25) is 0 Å². The fourth-order valence-corrected chi connectivity index (χ4v) is 1.93. The van der Waals surface area contributed by atoms with E-state index in [4.69, 9.17) is 17.0 Å². The van der Waals surface area contributed by atoms with E-state index in [0.29, 0.717) is 0 Å². The second kappa shape index (κ2) is 5.66. The molecule has 1 aliphatic rings. The predicted octanol–water partition coefficient (Wildman–Crippen LogP) is 1.77. The Morgan fingerprint density at radius 3 is 2.87 bits per heavy atom. The van der Waals surface area contributed by atoms with Gasteiger partial charge in [-0.2, -0.15) is 0 Å². The Hall–Kier alpha value is -0.350. The molecule has 15 heavy (non-hydrogen) atoms. The highest BCUT2D eigenvalue weighted by Crippen LogP contribution is 2.16. The maximum Gasteiger partial charge on any atom is 0.169 e. The lowest BCUT2D eigenvalue weighted by molar-refractivity contribution is -0.0678. The maximum atomic E-state index is 5.64. The third-order valence-electron chi connectivity index (χ3n) is 2.52. The first-order chi connectivity index (χ1) is 7.05. The molecule has 0 saturated carbocycles. The summed E-state index contributed by atoms with van der Waals surface area (Å²) in [5.41, 5.74) is -0.0747. The standard InChI is InChI=1S/C11H22N2OS/c1-4-5-6-12-10(15)13-7-8-14-11(2,3)9-13/h4-9H2,1-3H3,(H,12,15). The highest BCUT2D eigenvalue weighted by Gasteiger charge is 2.28. The van der Waals surface area contributed by atoms with Crippen LogP contribution in [0.25, 0.3) is 0 Å². The number of ether oxygens (including phenoxy) is 1. The summed E-state index contributed by atoms with van der Waals surface area (Å²) in [6.45, 7) is 9.92. The largest absolute Gasteiger partial charge is 0.372 e. The van der Waals surface area contributed by atoms with Crippen LogP contribution in [0.4, 0.5) is 0 Å². The molecule has 0 aromatic rings. The number of unbranched alkanes of at least 4 members (excludes halogenated alkanes) is 1. The lowest BCUT2D eigenvalue weighted by atomic mass is 10.1. The molecule has 3 nitrogen and oxygen atoms in total. The zero-order valence-corrected chi connectivity index (χ0v) is 10.8. The highest BCUT2D eigenvalue weighted by molar-refractivity contribution is 7.80. The highest BCUT2D eigenvalue weighted by atomic mass is 32.1. The van der Waals surface area contributed by atoms with Gasteiger partial charge < -0.3 is 15.0 Å². The van der Waals surface area contributed by atoms with Gasteiger partial charge >= 0.3 is 0 Å². The Balaban J connectivity index is 2.32. The molecule has 0 unspecified atom stereocenters. The van der Waals surface area contributed by atoms with Crippen molar-refractivity contribution < 1.29 is 4.74 Å². The van der Waals surface area contributed by atoms with Crippen LogP contribution < -0.4 is 5.32 Å². The molecule has 0 aliphatic carbocycles. The van der Waals surface area contributed by atoms with Crippen LogP contribution in [0.1, 0.15) is 33.6 Å². The molecule has 0 bridgehead atoms. The summed E-state index contributed by atoms with van der Waals surface area (Å²) in [5, 5.41) is 4.17. The maximum absolute atomic E-state index is 5.64. The molecule has 0 amide bonds. The fourth-order valence-electron chi connectivity index (χ4n) is 1.67. The van der Waals surface area contributed by atoms with E-state index in [1.807, 2.05) is 0 Å². The summed E-state index contributed by atoms with van der Waals surface area (Å²) in [4.78, 5) is 2.20. The zero-order chi connectivity index (χ0) is 11.3. The molecular weight excluding hydrogens is 208 g/mol. The minimum absolute atomic E-state index is 0.0747. The SMILES string of the molecule is CCCCNC(=S)N1CCOC(C)(C)C1. The van der Waals surface area contributed by atoms with Gasteiger partial charge in [0.2, 0.25) is 0 Å². The molecule has 4 heteroatoms.